The van der Waals surface area contributed by atoms with Crippen LogP contribution in [-0.4, -0.2) is 24.1 Å². The summed E-state index contributed by atoms with van der Waals surface area (Å²) in [4.78, 5) is 25.8. The highest BCUT2D eigenvalue weighted by molar-refractivity contribution is 5.92. The summed E-state index contributed by atoms with van der Waals surface area (Å²) >= 11 is 0. The minimum Gasteiger partial charge on any atom is -0.462 e. The van der Waals surface area contributed by atoms with Crippen LogP contribution in [0.4, 0.5) is 0 Å². The van der Waals surface area contributed by atoms with Gasteiger partial charge in [-0.15, -0.1) is 13.2 Å². The number of carbonyl (C=O) groups is 2. The van der Waals surface area contributed by atoms with E-state index in [4.69, 9.17) is 9.47 Å². The zero-order valence-electron chi connectivity index (χ0n) is 21.3. The van der Waals surface area contributed by atoms with Crippen molar-refractivity contribution in [1.82, 2.24) is 0 Å². The van der Waals surface area contributed by atoms with Gasteiger partial charge in [-0.25, -0.2) is 4.79 Å². The van der Waals surface area contributed by atoms with E-state index in [1.165, 1.54) is 0 Å². The van der Waals surface area contributed by atoms with Gasteiger partial charge in [0.25, 0.3) is 0 Å². The maximum absolute atomic E-state index is 12.9. The molecule has 0 radical (unpaired) electrons. The molecule has 0 bridgehead atoms. The number of carbonyl (C=O) groups excluding carboxylic acids is 2. The van der Waals surface area contributed by atoms with Crippen LogP contribution in [0.15, 0.2) is 60.8 Å². The lowest BCUT2D eigenvalue weighted by molar-refractivity contribution is -0.146. The molecule has 4 rings (SSSR count). The number of esters is 2. The molecule has 3 fully saturated rings. The Morgan fingerprint density at radius 1 is 1.00 bits per heavy atom. The van der Waals surface area contributed by atoms with Gasteiger partial charge in [-0.3, -0.25) is 4.79 Å². The molecule has 2 aliphatic carbocycles. The predicted molar refractivity (Wildman–Crippen MR) is 135 cm³/mol. The van der Waals surface area contributed by atoms with Crippen LogP contribution in [0, 0.1) is 34.5 Å². The first-order chi connectivity index (χ1) is 15.9. The van der Waals surface area contributed by atoms with E-state index in [9.17, 15) is 9.59 Å². The molecule has 184 valence electrons. The van der Waals surface area contributed by atoms with Crippen molar-refractivity contribution in [1.29, 1.82) is 0 Å². The minimum absolute atomic E-state index is 0.0900. The molecule has 8 atom stereocenters. The molecule has 2 aliphatic heterocycles. The highest BCUT2D eigenvalue weighted by Gasteiger charge is 2.54. The molecular formula is C30H40O4. The monoisotopic (exact) mass is 464 g/mol. The summed E-state index contributed by atoms with van der Waals surface area (Å²) in [6, 6.07) is 0. The molecule has 0 amide bonds. The fraction of sp³-hybridized carbons (Fsp3) is 0.600. The molecule has 0 aromatic rings. The van der Waals surface area contributed by atoms with E-state index in [2.05, 4.69) is 54.0 Å². The van der Waals surface area contributed by atoms with E-state index in [1.807, 2.05) is 12.2 Å². The van der Waals surface area contributed by atoms with Crippen LogP contribution in [0.3, 0.4) is 0 Å². The summed E-state index contributed by atoms with van der Waals surface area (Å²) in [5, 5.41) is 0. The zero-order chi connectivity index (χ0) is 25.0. The molecule has 0 aromatic carbocycles. The number of hydrogen-bond acceptors (Lipinski definition) is 4. The fourth-order valence-corrected chi connectivity index (χ4v) is 7.24. The Bertz CT molecular complexity index is 986. The Morgan fingerprint density at radius 3 is 2.21 bits per heavy atom. The molecule has 4 aliphatic rings. The second kappa shape index (κ2) is 8.70. The Kier molecular flexibility index (Phi) is 6.33. The van der Waals surface area contributed by atoms with E-state index >= 15 is 0 Å². The second-order valence-corrected chi connectivity index (χ2v) is 11.7. The number of fused-ring (bicyclic) bond motifs is 2. The van der Waals surface area contributed by atoms with Gasteiger partial charge < -0.3 is 9.47 Å². The van der Waals surface area contributed by atoms with E-state index in [-0.39, 0.29) is 58.6 Å². The van der Waals surface area contributed by atoms with Crippen molar-refractivity contribution in [3.05, 3.63) is 60.8 Å². The lowest BCUT2D eigenvalue weighted by Crippen LogP contribution is -2.41. The third kappa shape index (κ3) is 3.93. The lowest BCUT2D eigenvalue weighted by Gasteiger charge is -2.45. The van der Waals surface area contributed by atoms with E-state index in [0.717, 1.165) is 48.0 Å². The number of allylic oxidation sites excluding steroid dienone is 4. The van der Waals surface area contributed by atoms with Crippen LogP contribution in [0.2, 0.25) is 0 Å². The van der Waals surface area contributed by atoms with E-state index in [1.54, 1.807) is 0 Å². The third-order valence-corrected chi connectivity index (χ3v) is 9.45. The molecule has 34 heavy (non-hydrogen) atoms. The molecule has 1 saturated heterocycles. The van der Waals surface area contributed by atoms with Crippen LogP contribution >= 0.6 is 0 Å². The predicted octanol–water partition coefficient (Wildman–Crippen LogP) is 6.50. The Balaban J connectivity index is 1.54. The molecule has 4 heteroatoms. The summed E-state index contributed by atoms with van der Waals surface area (Å²) in [7, 11) is 0. The maximum Gasteiger partial charge on any atom is 0.334 e. The normalized spacial score (nSPS) is 41.3. The van der Waals surface area contributed by atoms with Crippen molar-refractivity contribution in [3.63, 3.8) is 0 Å². The first-order valence-corrected chi connectivity index (χ1v) is 12.7. The lowest BCUT2D eigenvalue weighted by atomic mass is 9.59. The highest BCUT2D eigenvalue weighted by Crippen LogP contribution is 2.54. The van der Waals surface area contributed by atoms with Gasteiger partial charge in [0.2, 0.25) is 0 Å². The van der Waals surface area contributed by atoms with Crippen molar-refractivity contribution < 1.29 is 19.1 Å². The van der Waals surface area contributed by atoms with Gasteiger partial charge in [0, 0.05) is 11.5 Å². The first kappa shape index (κ1) is 24.8. The third-order valence-electron chi connectivity index (χ3n) is 9.45. The number of hydrogen-bond donors (Lipinski definition) is 0. The Hall–Kier alpha value is -2.36. The maximum atomic E-state index is 12.9. The molecular weight excluding hydrogens is 424 g/mol. The topological polar surface area (TPSA) is 52.6 Å². The summed E-state index contributed by atoms with van der Waals surface area (Å²) in [5.74, 6) is 0.115. The quantitative estimate of drug-likeness (QED) is 0.319. The SMILES string of the molecule is C=CC1(C)CC2OC(=O)C(CCC3C(=O)OC4CC(C)(C=C)C(C(=C)C)CC43)=C2CC1C(=C)C. The van der Waals surface area contributed by atoms with Gasteiger partial charge in [0.15, 0.2) is 0 Å². The average Bonchev–Trinajstić information content (AvgIpc) is 3.23. The molecule has 2 saturated carbocycles. The average molecular weight is 465 g/mol. The minimum atomic E-state index is -0.223. The second-order valence-electron chi connectivity index (χ2n) is 11.7. The molecule has 0 N–H and O–H groups in total. The van der Waals surface area contributed by atoms with Gasteiger partial charge in [-0.2, -0.15) is 0 Å². The Labute approximate surface area is 204 Å². The van der Waals surface area contributed by atoms with Crippen molar-refractivity contribution >= 4 is 11.9 Å². The van der Waals surface area contributed by atoms with Crippen LogP contribution in [0.1, 0.15) is 66.2 Å². The summed E-state index contributed by atoms with van der Waals surface area (Å²) < 4.78 is 11.7. The van der Waals surface area contributed by atoms with Gasteiger partial charge in [0.05, 0.1) is 5.92 Å². The standard InChI is InChI=1S/C30H40O4/c1-9-29(7)15-25-21(13-23(29)17(3)4)19(27(31)33-25)11-12-20-22-14-24(18(5)6)30(8,10-2)16-26(22)34-28(20)32/h9-10,19,21,23-26H,1-3,5,11-16H2,4,6-8H3. The van der Waals surface area contributed by atoms with Crippen molar-refractivity contribution in [2.75, 3.05) is 0 Å². The molecule has 2 heterocycles. The molecule has 0 spiro atoms. The largest absolute Gasteiger partial charge is 0.462 e. The van der Waals surface area contributed by atoms with Gasteiger partial charge >= 0.3 is 11.9 Å². The Morgan fingerprint density at radius 2 is 1.62 bits per heavy atom. The van der Waals surface area contributed by atoms with E-state index in [0.29, 0.717) is 12.8 Å². The molecule has 0 aromatic heterocycles. The first-order valence-electron chi connectivity index (χ1n) is 12.7. The fourth-order valence-electron chi connectivity index (χ4n) is 7.24. The number of rotatable bonds is 7. The highest BCUT2D eigenvalue weighted by atomic mass is 16.6. The van der Waals surface area contributed by atoms with Crippen LogP contribution in [-0.2, 0) is 19.1 Å². The smallest absolute Gasteiger partial charge is 0.334 e. The van der Waals surface area contributed by atoms with Crippen molar-refractivity contribution in [2.45, 2.75) is 78.4 Å². The summed E-state index contributed by atoms with van der Waals surface area (Å²) in [5.41, 5.74) is 3.84. The van der Waals surface area contributed by atoms with E-state index < -0.39 is 0 Å². The van der Waals surface area contributed by atoms with Gasteiger partial charge in [0.1, 0.15) is 12.2 Å². The van der Waals surface area contributed by atoms with Crippen LogP contribution in [0.25, 0.3) is 0 Å². The van der Waals surface area contributed by atoms with Crippen LogP contribution in [0.5, 0.6) is 0 Å². The summed E-state index contributed by atoms with van der Waals surface area (Å²) in [6.07, 6.45) is 8.02. The van der Waals surface area contributed by atoms with Crippen LogP contribution < -0.4 is 0 Å². The zero-order valence-corrected chi connectivity index (χ0v) is 21.3. The van der Waals surface area contributed by atoms with Crippen molar-refractivity contribution in [3.8, 4) is 0 Å². The van der Waals surface area contributed by atoms with Crippen molar-refractivity contribution in [2.24, 2.45) is 34.5 Å². The molecule has 8 unspecified atom stereocenters. The van der Waals surface area contributed by atoms with Gasteiger partial charge in [-0.1, -0.05) is 50.3 Å². The summed E-state index contributed by atoms with van der Waals surface area (Å²) in [6.45, 7) is 25.0. The molecule has 4 nitrogen and oxygen atoms in total. The number of ether oxygens (including phenoxy) is 2. The van der Waals surface area contributed by atoms with Gasteiger partial charge in [-0.05, 0) is 80.6 Å².